The molecule has 94 valence electrons. The summed E-state index contributed by atoms with van der Waals surface area (Å²) in [6.45, 7) is 4.64. The zero-order valence-corrected chi connectivity index (χ0v) is 13.4. The molecule has 0 saturated carbocycles. The van der Waals surface area contributed by atoms with Gasteiger partial charge in [0.2, 0.25) is 0 Å². The van der Waals surface area contributed by atoms with E-state index in [-0.39, 0.29) is 0 Å². The Bertz CT molecular complexity index is 546. The van der Waals surface area contributed by atoms with Crippen molar-refractivity contribution < 1.29 is 4.74 Å². The van der Waals surface area contributed by atoms with Crippen LogP contribution in [0.25, 0.3) is 0 Å². The average Bonchev–Trinajstić information content (AvgIpc) is 2.33. The highest BCUT2D eigenvalue weighted by Crippen LogP contribution is 2.26. The monoisotopic (exact) mass is 369 g/mol. The van der Waals surface area contributed by atoms with Gasteiger partial charge in [0.15, 0.2) is 0 Å². The van der Waals surface area contributed by atoms with E-state index in [4.69, 9.17) is 4.74 Å². The van der Waals surface area contributed by atoms with Crippen molar-refractivity contribution in [2.24, 2.45) is 0 Å². The second-order valence-corrected chi connectivity index (χ2v) is 5.88. The Hall–Kier alpha value is -0.870. The lowest BCUT2D eigenvalue weighted by Gasteiger charge is -2.10. The van der Waals surface area contributed by atoms with Gasteiger partial charge in [0, 0.05) is 26.9 Å². The maximum absolute atomic E-state index is 5.78. The lowest BCUT2D eigenvalue weighted by molar-refractivity contribution is 0.305. The number of nitrogens with zero attached hydrogens (tertiary/aromatic N) is 1. The Balaban J connectivity index is 2.11. The van der Waals surface area contributed by atoms with Gasteiger partial charge in [-0.3, -0.25) is 4.98 Å². The Labute approximate surface area is 124 Å². The molecule has 0 spiro atoms. The predicted molar refractivity (Wildman–Crippen MR) is 79.9 cm³/mol. The molecule has 0 unspecified atom stereocenters. The van der Waals surface area contributed by atoms with Crippen molar-refractivity contribution in [3.05, 3.63) is 56.2 Å². The maximum atomic E-state index is 5.78. The van der Waals surface area contributed by atoms with E-state index in [2.05, 4.69) is 50.7 Å². The summed E-state index contributed by atoms with van der Waals surface area (Å²) < 4.78 is 7.88. The second-order valence-electron chi connectivity index (χ2n) is 4.17. The number of aryl methyl sites for hydroxylation is 2. The zero-order valence-electron chi connectivity index (χ0n) is 10.2. The van der Waals surface area contributed by atoms with Gasteiger partial charge < -0.3 is 4.74 Å². The normalized spacial score (nSPS) is 10.4. The van der Waals surface area contributed by atoms with Crippen molar-refractivity contribution >= 4 is 31.9 Å². The van der Waals surface area contributed by atoms with E-state index in [0.29, 0.717) is 6.61 Å². The first kappa shape index (κ1) is 13.6. The molecule has 0 N–H and O–H groups in total. The van der Waals surface area contributed by atoms with Crippen molar-refractivity contribution in [3.8, 4) is 5.75 Å². The number of hydrogen-bond acceptors (Lipinski definition) is 2. The summed E-state index contributed by atoms with van der Waals surface area (Å²) in [5, 5.41) is 0. The Morgan fingerprint density at radius 3 is 2.33 bits per heavy atom. The van der Waals surface area contributed by atoms with Gasteiger partial charge in [-0.15, -0.1) is 0 Å². The summed E-state index contributed by atoms with van der Waals surface area (Å²) in [6, 6.07) is 6.07. The van der Waals surface area contributed by atoms with Crippen molar-refractivity contribution in [3.63, 3.8) is 0 Å². The molecule has 0 atom stereocenters. The minimum atomic E-state index is 0.521. The third-order valence-electron chi connectivity index (χ3n) is 2.58. The third-order valence-corrected chi connectivity index (χ3v) is 4.26. The number of rotatable bonds is 3. The zero-order chi connectivity index (χ0) is 13.1. The molecule has 0 radical (unpaired) electrons. The van der Waals surface area contributed by atoms with E-state index < -0.39 is 0 Å². The molecule has 1 aromatic carbocycles. The van der Waals surface area contributed by atoms with Crippen molar-refractivity contribution in [2.75, 3.05) is 0 Å². The molecular formula is C14H13Br2NO. The fourth-order valence-electron chi connectivity index (χ4n) is 1.69. The topological polar surface area (TPSA) is 22.1 Å². The Morgan fingerprint density at radius 1 is 1.06 bits per heavy atom. The molecule has 0 aliphatic heterocycles. The molecule has 18 heavy (non-hydrogen) atoms. The molecule has 0 bridgehead atoms. The highest BCUT2D eigenvalue weighted by atomic mass is 79.9. The van der Waals surface area contributed by atoms with Gasteiger partial charge in [-0.1, -0.05) is 15.9 Å². The molecular weight excluding hydrogens is 358 g/mol. The lowest BCUT2D eigenvalue weighted by Crippen LogP contribution is -1.97. The first-order chi connectivity index (χ1) is 8.56. The van der Waals surface area contributed by atoms with Crippen LogP contribution in [0.15, 0.2) is 39.5 Å². The molecule has 1 heterocycles. The van der Waals surface area contributed by atoms with E-state index in [1.807, 2.05) is 24.4 Å². The maximum Gasteiger partial charge on any atom is 0.120 e. The summed E-state index contributed by atoms with van der Waals surface area (Å²) in [5.41, 5.74) is 3.40. The predicted octanol–water partition coefficient (Wildman–Crippen LogP) is 4.80. The van der Waals surface area contributed by atoms with Crippen LogP contribution in [0, 0.1) is 13.8 Å². The van der Waals surface area contributed by atoms with Gasteiger partial charge >= 0.3 is 0 Å². The molecule has 1 aromatic heterocycles. The van der Waals surface area contributed by atoms with Crippen LogP contribution in [0.4, 0.5) is 0 Å². The highest BCUT2D eigenvalue weighted by Gasteiger charge is 2.04. The molecule has 0 saturated heterocycles. The standard InChI is InChI=1S/C14H13Br2NO/c1-9-3-13(4-10(2)14(9)16)18-8-11-5-12(15)7-17-6-11/h3-7H,8H2,1-2H3. The molecule has 2 rings (SSSR count). The molecule has 0 aliphatic carbocycles. The van der Waals surface area contributed by atoms with Crippen molar-refractivity contribution in [2.45, 2.75) is 20.5 Å². The van der Waals surface area contributed by atoms with Gasteiger partial charge in [-0.2, -0.15) is 0 Å². The molecule has 4 heteroatoms. The van der Waals surface area contributed by atoms with E-state index in [0.717, 1.165) is 20.3 Å². The number of halogens is 2. The average molecular weight is 371 g/mol. The summed E-state index contributed by atoms with van der Waals surface area (Å²) in [5.74, 6) is 0.883. The summed E-state index contributed by atoms with van der Waals surface area (Å²) in [7, 11) is 0. The van der Waals surface area contributed by atoms with Crippen LogP contribution in [0.3, 0.4) is 0 Å². The fraction of sp³-hybridized carbons (Fsp3) is 0.214. The summed E-state index contributed by atoms with van der Waals surface area (Å²) in [4.78, 5) is 4.11. The number of hydrogen-bond donors (Lipinski definition) is 0. The van der Waals surface area contributed by atoms with E-state index >= 15 is 0 Å². The van der Waals surface area contributed by atoms with E-state index in [1.165, 1.54) is 11.1 Å². The minimum Gasteiger partial charge on any atom is -0.489 e. The van der Waals surface area contributed by atoms with Gasteiger partial charge in [0.1, 0.15) is 12.4 Å². The van der Waals surface area contributed by atoms with Gasteiger partial charge in [0.05, 0.1) is 0 Å². The van der Waals surface area contributed by atoms with Crippen LogP contribution >= 0.6 is 31.9 Å². The number of aromatic nitrogens is 1. The fourth-order valence-corrected chi connectivity index (χ4v) is 2.33. The molecule has 2 nitrogen and oxygen atoms in total. The van der Waals surface area contributed by atoms with Gasteiger partial charge in [0.25, 0.3) is 0 Å². The molecule has 0 amide bonds. The van der Waals surface area contributed by atoms with Crippen LogP contribution in [-0.4, -0.2) is 4.98 Å². The lowest BCUT2D eigenvalue weighted by atomic mass is 10.1. The Kier molecular flexibility index (Phi) is 4.40. The first-order valence-electron chi connectivity index (χ1n) is 5.55. The SMILES string of the molecule is Cc1cc(OCc2cncc(Br)c2)cc(C)c1Br. The van der Waals surface area contributed by atoms with Gasteiger partial charge in [-0.05, 0) is 59.1 Å². The summed E-state index contributed by atoms with van der Waals surface area (Å²) >= 11 is 6.94. The molecule has 2 aromatic rings. The van der Waals surface area contributed by atoms with Crippen LogP contribution in [0.1, 0.15) is 16.7 Å². The van der Waals surface area contributed by atoms with Crippen molar-refractivity contribution in [1.82, 2.24) is 4.98 Å². The van der Waals surface area contributed by atoms with E-state index in [1.54, 1.807) is 6.20 Å². The number of pyridine rings is 1. The van der Waals surface area contributed by atoms with Crippen molar-refractivity contribution in [1.29, 1.82) is 0 Å². The second kappa shape index (κ2) is 5.85. The van der Waals surface area contributed by atoms with Crippen LogP contribution in [0.2, 0.25) is 0 Å². The smallest absolute Gasteiger partial charge is 0.120 e. The highest BCUT2D eigenvalue weighted by molar-refractivity contribution is 9.10. The first-order valence-corrected chi connectivity index (χ1v) is 7.14. The summed E-state index contributed by atoms with van der Waals surface area (Å²) in [6.07, 6.45) is 3.57. The van der Waals surface area contributed by atoms with Crippen LogP contribution in [-0.2, 0) is 6.61 Å². The van der Waals surface area contributed by atoms with Gasteiger partial charge in [-0.25, -0.2) is 0 Å². The van der Waals surface area contributed by atoms with Crippen LogP contribution in [0.5, 0.6) is 5.75 Å². The number of ether oxygens (including phenoxy) is 1. The van der Waals surface area contributed by atoms with Crippen LogP contribution < -0.4 is 4.74 Å². The Morgan fingerprint density at radius 2 is 1.72 bits per heavy atom. The molecule has 0 fully saturated rings. The third kappa shape index (κ3) is 3.33. The van der Waals surface area contributed by atoms with E-state index in [9.17, 15) is 0 Å². The number of benzene rings is 1. The largest absolute Gasteiger partial charge is 0.489 e. The minimum absolute atomic E-state index is 0.521. The quantitative estimate of drug-likeness (QED) is 0.773. The molecule has 0 aliphatic rings.